The fourth-order valence-electron chi connectivity index (χ4n) is 9.95. The van der Waals surface area contributed by atoms with Crippen molar-refractivity contribution in [3.8, 4) is 77.9 Å². The van der Waals surface area contributed by atoms with Crippen LogP contribution >= 0.6 is 0 Å². The summed E-state index contributed by atoms with van der Waals surface area (Å²) in [6.07, 6.45) is 0. The highest BCUT2D eigenvalue weighted by Gasteiger charge is 2.23. The smallest absolute Gasteiger partial charge is 0.0464 e. The van der Waals surface area contributed by atoms with Crippen LogP contribution in [-0.2, 0) is 0 Å². The van der Waals surface area contributed by atoms with Crippen LogP contribution in [0.5, 0.6) is 0 Å². The zero-order valence-electron chi connectivity index (χ0n) is 34.4. The van der Waals surface area contributed by atoms with Gasteiger partial charge in [-0.05, 0) is 160 Å². The van der Waals surface area contributed by atoms with Gasteiger partial charge in [-0.25, -0.2) is 0 Å². The average molecular weight is 788 g/mol. The summed E-state index contributed by atoms with van der Waals surface area (Å²) >= 11 is 0. The molecular formula is C61H41N. The number of hydrogen-bond donors (Lipinski definition) is 1. The summed E-state index contributed by atoms with van der Waals surface area (Å²) in [5.74, 6) is 0. The SMILES string of the molecule is Cc1ccc(-c2ccc3c(c2)-c2ccc(-c4ccc5c6ccccc6c6ccccc6c5c4)cc2-c2ccccc2-c2ccccc2-3)cc1-c1ccccc1Nc1ccccc1. The number of hydrogen-bond acceptors (Lipinski definition) is 1. The van der Waals surface area contributed by atoms with Gasteiger partial charge in [-0.15, -0.1) is 0 Å². The number of nitrogens with one attached hydrogen (secondary N) is 1. The fraction of sp³-hybridized carbons (Fsp3) is 0.0164. The Labute approximate surface area is 362 Å². The number of benzene rings is 11. The second-order valence-electron chi connectivity index (χ2n) is 16.5. The van der Waals surface area contributed by atoms with E-state index in [1.54, 1.807) is 0 Å². The molecular weight excluding hydrogens is 747 g/mol. The average Bonchev–Trinajstić information content (AvgIpc) is 3.34. The van der Waals surface area contributed by atoms with E-state index in [9.17, 15) is 0 Å². The second-order valence-corrected chi connectivity index (χ2v) is 16.5. The largest absolute Gasteiger partial charge is 0.355 e. The molecule has 1 nitrogen and oxygen atoms in total. The van der Waals surface area contributed by atoms with E-state index in [4.69, 9.17) is 0 Å². The molecule has 0 radical (unpaired) electrons. The van der Waals surface area contributed by atoms with E-state index >= 15 is 0 Å². The van der Waals surface area contributed by atoms with Gasteiger partial charge in [0.15, 0.2) is 0 Å². The molecule has 11 aromatic carbocycles. The summed E-state index contributed by atoms with van der Waals surface area (Å²) in [7, 11) is 0. The molecule has 0 heterocycles. The van der Waals surface area contributed by atoms with E-state index < -0.39 is 0 Å². The Morgan fingerprint density at radius 1 is 0.242 bits per heavy atom. The van der Waals surface area contributed by atoms with Crippen LogP contribution in [0.2, 0.25) is 0 Å². The van der Waals surface area contributed by atoms with Crippen LogP contribution in [0.15, 0.2) is 224 Å². The Morgan fingerprint density at radius 2 is 0.613 bits per heavy atom. The molecule has 0 bridgehead atoms. The number of para-hydroxylation sites is 2. The topological polar surface area (TPSA) is 12.0 Å². The molecule has 290 valence electrons. The number of anilines is 2. The summed E-state index contributed by atoms with van der Waals surface area (Å²) in [5, 5.41) is 11.4. The minimum Gasteiger partial charge on any atom is -0.355 e. The lowest BCUT2D eigenvalue weighted by Gasteiger charge is -2.24. The van der Waals surface area contributed by atoms with Crippen molar-refractivity contribution in [2.24, 2.45) is 0 Å². The Bertz CT molecular complexity index is 3520. The van der Waals surface area contributed by atoms with Crippen LogP contribution in [0.3, 0.4) is 0 Å². The van der Waals surface area contributed by atoms with Gasteiger partial charge in [-0.3, -0.25) is 0 Å². The lowest BCUT2D eigenvalue weighted by Crippen LogP contribution is -1.98. The van der Waals surface area contributed by atoms with Crippen molar-refractivity contribution in [1.82, 2.24) is 0 Å². The molecule has 0 spiro atoms. The first kappa shape index (κ1) is 35.9. The fourth-order valence-corrected chi connectivity index (χ4v) is 9.95. The van der Waals surface area contributed by atoms with Gasteiger partial charge in [0.05, 0.1) is 0 Å². The first-order valence-electron chi connectivity index (χ1n) is 21.5. The summed E-state index contributed by atoms with van der Waals surface area (Å²) in [5.41, 5.74) is 20.5. The molecule has 0 saturated heterocycles. The van der Waals surface area contributed by atoms with E-state index in [1.807, 2.05) is 0 Å². The number of rotatable bonds is 5. The zero-order chi connectivity index (χ0) is 41.1. The van der Waals surface area contributed by atoms with Gasteiger partial charge < -0.3 is 5.32 Å². The van der Waals surface area contributed by atoms with E-state index in [0.717, 1.165) is 11.4 Å². The maximum atomic E-state index is 3.68. The highest BCUT2D eigenvalue weighted by atomic mass is 14.9. The number of aryl methyl sites for hydroxylation is 1. The number of fused-ring (bicyclic) bond motifs is 14. The van der Waals surface area contributed by atoms with Crippen molar-refractivity contribution in [3.05, 3.63) is 230 Å². The van der Waals surface area contributed by atoms with Gasteiger partial charge >= 0.3 is 0 Å². The van der Waals surface area contributed by atoms with E-state index in [2.05, 4.69) is 237 Å². The summed E-state index contributed by atoms with van der Waals surface area (Å²) in [4.78, 5) is 0. The van der Waals surface area contributed by atoms with Crippen molar-refractivity contribution in [1.29, 1.82) is 0 Å². The minimum absolute atomic E-state index is 1.07. The molecule has 62 heavy (non-hydrogen) atoms. The van der Waals surface area contributed by atoms with Crippen LogP contribution in [-0.4, -0.2) is 0 Å². The molecule has 12 rings (SSSR count). The van der Waals surface area contributed by atoms with Crippen LogP contribution < -0.4 is 5.32 Å². The molecule has 0 saturated carbocycles. The van der Waals surface area contributed by atoms with Gasteiger partial charge in [0.25, 0.3) is 0 Å². The van der Waals surface area contributed by atoms with E-state index in [0.29, 0.717) is 0 Å². The molecule has 11 aromatic rings. The van der Waals surface area contributed by atoms with Gasteiger partial charge in [0.2, 0.25) is 0 Å². The Morgan fingerprint density at radius 3 is 1.19 bits per heavy atom. The molecule has 1 heteroatoms. The standard InChI is InChI=1S/C61H41N/c1-39-27-28-40(35-57(39)56-25-13-14-26-61(56)62-44-15-3-2-4-16-44)41-29-33-54-50-22-8-6-18-46(50)48-20-10-12-24-52(48)59-37-43(31-34-55(59)60(54)38-41)42-30-32-53-49-21-7-5-17-45(49)47-19-9-11-23-51(47)58(53)36-42/h2-38,62H,1H3. The van der Waals surface area contributed by atoms with Crippen LogP contribution in [0, 0.1) is 6.92 Å². The van der Waals surface area contributed by atoms with Gasteiger partial charge in [-0.1, -0.05) is 182 Å². The van der Waals surface area contributed by atoms with E-state index in [1.165, 1.54) is 116 Å². The minimum atomic E-state index is 1.07. The van der Waals surface area contributed by atoms with Crippen LogP contribution in [0.1, 0.15) is 5.56 Å². The van der Waals surface area contributed by atoms with Crippen molar-refractivity contribution < 1.29 is 0 Å². The monoisotopic (exact) mass is 787 g/mol. The van der Waals surface area contributed by atoms with Gasteiger partial charge in [0.1, 0.15) is 0 Å². The summed E-state index contributed by atoms with van der Waals surface area (Å²) in [6.45, 7) is 2.21. The Hall–Kier alpha value is -8.00. The molecule has 0 fully saturated rings. The van der Waals surface area contributed by atoms with Crippen LogP contribution in [0.4, 0.5) is 11.4 Å². The normalized spacial score (nSPS) is 11.6. The molecule has 0 unspecified atom stereocenters. The molecule has 1 aliphatic rings. The molecule has 1 aliphatic carbocycles. The highest BCUT2D eigenvalue weighted by Crippen LogP contribution is 2.50. The summed E-state index contributed by atoms with van der Waals surface area (Å²) < 4.78 is 0. The molecule has 0 aliphatic heterocycles. The predicted molar refractivity (Wildman–Crippen MR) is 265 cm³/mol. The van der Waals surface area contributed by atoms with Crippen molar-refractivity contribution in [3.63, 3.8) is 0 Å². The quantitative estimate of drug-likeness (QED) is 0.171. The van der Waals surface area contributed by atoms with Crippen LogP contribution in [0.25, 0.3) is 110 Å². The third kappa shape index (κ3) is 5.93. The maximum Gasteiger partial charge on any atom is 0.0464 e. The Balaban J connectivity index is 1.04. The van der Waals surface area contributed by atoms with Crippen molar-refractivity contribution in [2.75, 3.05) is 5.32 Å². The van der Waals surface area contributed by atoms with E-state index in [-0.39, 0.29) is 0 Å². The maximum absolute atomic E-state index is 3.68. The third-order valence-corrected chi connectivity index (χ3v) is 13.0. The second kappa shape index (κ2) is 14.6. The third-order valence-electron chi connectivity index (χ3n) is 13.0. The first-order chi connectivity index (χ1) is 30.7. The molecule has 0 amide bonds. The lowest BCUT2D eigenvalue weighted by atomic mass is 9.79. The molecule has 0 atom stereocenters. The predicted octanol–water partition coefficient (Wildman–Crippen LogP) is 17.2. The Kier molecular flexibility index (Phi) is 8.47. The molecule has 0 aromatic heterocycles. The van der Waals surface area contributed by atoms with Gasteiger partial charge in [-0.2, -0.15) is 0 Å². The molecule has 1 N–H and O–H groups in total. The van der Waals surface area contributed by atoms with Crippen molar-refractivity contribution in [2.45, 2.75) is 6.92 Å². The summed E-state index contributed by atoms with van der Waals surface area (Å²) in [6, 6.07) is 82.7. The van der Waals surface area contributed by atoms with Crippen molar-refractivity contribution >= 4 is 43.7 Å². The lowest BCUT2D eigenvalue weighted by molar-refractivity contribution is 1.44. The van der Waals surface area contributed by atoms with Gasteiger partial charge in [0, 0.05) is 16.9 Å². The first-order valence-corrected chi connectivity index (χ1v) is 21.5. The zero-order valence-corrected chi connectivity index (χ0v) is 34.4. The highest BCUT2D eigenvalue weighted by molar-refractivity contribution is 6.25.